The van der Waals surface area contributed by atoms with Gasteiger partial charge < -0.3 is 9.32 Å². The zero-order valence-corrected chi connectivity index (χ0v) is 27.2. The van der Waals surface area contributed by atoms with E-state index in [9.17, 15) is 0 Å². The molecule has 0 saturated carbocycles. The van der Waals surface area contributed by atoms with E-state index in [0.717, 1.165) is 55.1 Å². The lowest BCUT2D eigenvalue weighted by molar-refractivity contribution is 0.669. The number of anilines is 3. The van der Waals surface area contributed by atoms with Crippen molar-refractivity contribution >= 4 is 82.1 Å². The maximum atomic E-state index is 6.19. The Hall–Kier alpha value is -6.23. The molecule has 8 aromatic carbocycles. The van der Waals surface area contributed by atoms with Gasteiger partial charge in [0.2, 0.25) is 0 Å². The van der Waals surface area contributed by atoms with Gasteiger partial charge in [-0.2, -0.15) is 0 Å². The van der Waals surface area contributed by atoms with Gasteiger partial charge in [-0.25, -0.2) is 4.98 Å². The molecule has 0 aliphatic carbocycles. The molecule has 230 valence electrons. The fraction of sp³-hybridized carbons (Fsp3) is 0. The predicted molar refractivity (Wildman–Crippen MR) is 207 cm³/mol. The fourth-order valence-corrected chi connectivity index (χ4v) is 8.28. The number of rotatable bonds is 5. The van der Waals surface area contributed by atoms with Crippen molar-refractivity contribution in [3.63, 3.8) is 0 Å². The largest absolute Gasteiger partial charge is 0.456 e. The predicted octanol–water partition coefficient (Wildman–Crippen LogP) is 13.3. The normalized spacial score (nSPS) is 11.7. The number of hydrogen-bond acceptors (Lipinski definition) is 4. The Morgan fingerprint density at radius 3 is 1.84 bits per heavy atom. The lowest BCUT2D eigenvalue weighted by atomic mass is 10.0. The molecule has 3 nitrogen and oxygen atoms in total. The Morgan fingerprint density at radius 1 is 0.408 bits per heavy atom. The zero-order valence-electron chi connectivity index (χ0n) is 26.4. The van der Waals surface area contributed by atoms with Crippen LogP contribution in [0.25, 0.3) is 75.4 Å². The molecule has 0 saturated heterocycles. The molecule has 4 heteroatoms. The Bertz CT molecular complexity index is 2760. The van der Waals surface area contributed by atoms with Crippen LogP contribution in [0.4, 0.5) is 17.1 Å². The van der Waals surface area contributed by atoms with E-state index in [2.05, 4.69) is 163 Å². The molecule has 0 spiro atoms. The van der Waals surface area contributed by atoms with E-state index >= 15 is 0 Å². The average Bonchev–Trinajstić information content (AvgIpc) is 3.79. The average molecular weight is 645 g/mol. The molecule has 10 aromatic rings. The number of benzene rings is 8. The van der Waals surface area contributed by atoms with Gasteiger partial charge in [0.25, 0.3) is 0 Å². The van der Waals surface area contributed by atoms with Gasteiger partial charge in [-0.15, -0.1) is 11.3 Å². The van der Waals surface area contributed by atoms with Crippen molar-refractivity contribution < 1.29 is 4.42 Å². The van der Waals surface area contributed by atoms with Gasteiger partial charge in [-0.3, -0.25) is 0 Å². The second-order valence-corrected chi connectivity index (χ2v) is 13.4. The van der Waals surface area contributed by atoms with Crippen LogP contribution in [0, 0.1) is 0 Å². The van der Waals surface area contributed by atoms with Crippen molar-refractivity contribution in [2.24, 2.45) is 0 Å². The molecule has 0 atom stereocenters. The molecule has 0 fully saturated rings. The van der Waals surface area contributed by atoms with Crippen LogP contribution in [0.3, 0.4) is 0 Å². The number of nitrogens with zero attached hydrogens (tertiary/aromatic N) is 2. The minimum atomic E-state index is 0.883. The Kier molecular flexibility index (Phi) is 6.36. The minimum absolute atomic E-state index is 0.883. The van der Waals surface area contributed by atoms with Gasteiger partial charge in [0, 0.05) is 44.2 Å². The van der Waals surface area contributed by atoms with E-state index in [0.29, 0.717) is 0 Å². The highest BCUT2D eigenvalue weighted by molar-refractivity contribution is 7.22. The number of furan rings is 1. The second kappa shape index (κ2) is 11.2. The Morgan fingerprint density at radius 2 is 1.02 bits per heavy atom. The molecule has 0 unspecified atom stereocenters. The van der Waals surface area contributed by atoms with Crippen molar-refractivity contribution in [2.75, 3.05) is 4.90 Å². The third kappa shape index (κ3) is 4.61. The van der Waals surface area contributed by atoms with Crippen molar-refractivity contribution in [1.82, 2.24) is 4.98 Å². The lowest BCUT2D eigenvalue weighted by Gasteiger charge is -2.26. The molecular formula is C45H28N2OS. The summed E-state index contributed by atoms with van der Waals surface area (Å²) in [6.07, 6.45) is 0. The maximum absolute atomic E-state index is 6.19. The molecule has 0 bridgehead atoms. The van der Waals surface area contributed by atoms with Gasteiger partial charge in [0.05, 0.1) is 10.2 Å². The van der Waals surface area contributed by atoms with Crippen LogP contribution < -0.4 is 4.90 Å². The first kappa shape index (κ1) is 27.8. The molecule has 0 amide bonds. The highest BCUT2D eigenvalue weighted by Gasteiger charge is 2.18. The van der Waals surface area contributed by atoms with Crippen molar-refractivity contribution in [3.8, 4) is 21.7 Å². The van der Waals surface area contributed by atoms with Gasteiger partial charge in [-0.1, -0.05) is 109 Å². The number of hydrogen-bond donors (Lipinski definition) is 0. The van der Waals surface area contributed by atoms with Crippen molar-refractivity contribution in [2.45, 2.75) is 0 Å². The fourth-order valence-electron chi connectivity index (χ4n) is 7.16. The SMILES string of the molecule is c1ccc(-c2cccc(N(c3ccc(-c4nc5c6ccccc6c6ccccc6c5s4)cc3)c3ccc4oc5ccccc5c4c3)c2)cc1. The lowest BCUT2D eigenvalue weighted by Crippen LogP contribution is -2.10. The highest BCUT2D eigenvalue weighted by atomic mass is 32.1. The topological polar surface area (TPSA) is 29.3 Å². The first-order valence-electron chi connectivity index (χ1n) is 16.5. The van der Waals surface area contributed by atoms with E-state index in [-0.39, 0.29) is 0 Å². The monoisotopic (exact) mass is 644 g/mol. The Balaban J connectivity index is 1.12. The van der Waals surface area contributed by atoms with Crippen LogP contribution in [0.2, 0.25) is 0 Å². The quantitative estimate of drug-likeness (QED) is 0.175. The van der Waals surface area contributed by atoms with Crippen LogP contribution in [-0.2, 0) is 0 Å². The third-order valence-corrected chi connectivity index (χ3v) is 10.6. The summed E-state index contributed by atoms with van der Waals surface area (Å²) >= 11 is 1.77. The molecular weight excluding hydrogens is 617 g/mol. The summed E-state index contributed by atoms with van der Waals surface area (Å²) in [6, 6.07) is 60.2. The first-order chi connectivity index (χ1) is 24.3. The van der Waals surface area contributed by atoms with Crippen molar-refractivity contribution in [1.29, 1.82) is 0 Å². The van der Waals surface area contributed by atoms with Crippen LogP contribution in [-0.4, -0.2) is 4.98 Å². The summed E-state index contributed by atoms with van der Waals surface area (Å²) in [7, 11) is 0. The van der Waals surface area contributed by atoms with Crippen LogP contribution in [0.15, 0.2) is 174 Å². The van der Waals surface area contributed by atoms with Crippen LogP contribution in [0.5, 0.6) is 0 Å². The number of aromatic nitrogens is 1. The molecule has 0 aliphatic heterocycles. The van der Waals surface area contributed by atoms with E-state index in [1.165, 1.54) is 37.4 Å². The Labute approximate surface area is 286 Å². The molecule has 0 aliphatic rings. The number of fused-ring (bicyclic) bond motifs is 9. The summed E-state index contributed by atoms with van der Waals surface area (Å²) in [5.41, 5.74) is 9.52. The van der Waals surface area contributed by atoms with Crippen LogP contribution in [0.1, 0.15) is 0 Å². The summed E-state index contributed by atoms with van der Waals surface area (Å²) in [5.74, 6) is 0. The van der Waals surface area contributed by atoms with Crippen molar-refractivity contribution in [3.05, 3.63) is 170 Å². The van der Waals surface area contributed by atoms with E-state index in [4.69, 9.17) is 9.40 Å². The first-order valence-corrected chi connectivity index (χ1v) is 17.3. The second-order valence-electron chi connectivity index (χ2n) is 12.4. The zero-order chi connectivity index (χ0) is 32.3. The summed E-state index contributed by atoms with van der Waals surface area (Å²) in [5, 5.41) is 8.20. The van der Waals surface area contributed by atoms with Gasteiger partial charge in [-0.05, 0) is 82.6 Å². The standard InChI is InChI=1S/C45H28N2OS/c1-2-11-29(12-3-1)31-13-10-14-33(27-31)47(34-25-26-42-40(28-34)37-17-8-9-20-41(37)48-42)32-23-21-30(22-24-32)45-46-43-38-18-6-4-15-35(38)36-16-5-7-19-39(36)44(43)49-45/h1-28H. The third-order valence-electron chi connectivity index (χ3n) is 9.47. The molecule has 10 rings (SSSR count). The summed E-state index contributed by atoms with van der Waals surface area (Å²) in [6.45, 7) is 0. The van der Waals surface area contributed by atoms with Gasteiger partial charge in [0.1, 0.15) is 16.2 Å². The van der Waals surface area contributed by atoms with Crippen LogP contribution >= 0.6 is 11.3 Å². The number of thiazole rings is 1. The maximum Gasteiger partial charge on any atom is 0.135 e. The molecule has 0 radical (unpaired) electrons. The van der Waals surface area contributed by atoms with Gasteiger partial charge >= 0.3 is 0 Å². The van der Waals surface area contributed by atoms with Gasteiger partial charge in [0.15, 0.2) is 0 Å². The molecule has 0 N–H and O–H groups in total. The summed E-state index contributed by atoms with van der Waals surface area (Å²) < 4.78 is 7.42. The van der Waals surface area contributed by atoms with E-state index in [1.807, 2.05) is 12.1 Å². The highest BCUT2D eigenvalue weighted by Crippen LogP contribution is 2.43. The molecule has 2 aromatic heterocycles. The molecule has 2 heterocycles. The smallest absolute Gasteiger partial charge is 0.135 e. The summed E-state index contributed by atoms with van der Waals surface area (Å²) in [4.78, 5) is 7.58. The van der Waals surface area contributed by atoms with E-state index < -0.39 is 0 Å². The van der Waals surface area contributed by atoms with E-state index in [1.54, 1.807) is 11.3 Å². The minimum Gasteiger partial charge on any atom is -0.456 e. The molecule has 49 heavy (non-hydrogen) atoms. The number of para-hydroxylation sites is 1.